The van der Waals surface area contributed by atoms with Crippen molar-refractivity contribution in [1.82, 2.24) is 10.2 Å². The summed E-state index contributed by atoms with van der Waals surface area (Å²) in [5.41, 5.74) is 0. The third-order valence-corrected chi connectivity index (χ3v) is 4.51. The first kappa shape index (κ1) is 20.4. The van der Waals surface area contributed by atoms with Gasteiger partial charge in [0.25, 0.3) is 5.91 Å². The summed E-state index contributed by atoms with van der Waals surface area (Å²) in [7, 11) is 0. The Morgan fingerprint density at radius 2 is 1.77 bits per heavy atom. The van der Waals surface area contributed by atoms with Gasteiger partial charge in [-0.1, -0.05) is 0 Å². The van der Waals surface area contributed by atoms with E-state index in [1.54, 1.807) is 12.1 Å². The van der Waals surface area contributed by atoms with Crippen molar-refractivity contribution >= 4 is 23.4 Å². The number of piperidine rings is 1. The van der Waals surface area contributed by atoms with Crippen molar-refractivity contribution in [3.8, 4) is 11.5 Å². The quantitative estimate of drug-likeness (QED) is 0.666. The highest BCUT2D eigenvalue weighted by molar-refractivity contribution is 6.17. The molecule has 0 aromatic heterocycles. The largest absolute Gasteiger partial charge is 0.494 e. The molecule has 0 unspecified atom stereocenters. The number of nitrogens with zero attached hydrogens (tertiary/aromatic N) is 1. The van der Waals surface area contributed by atoms with Gasteiger partial charge in [-0.15, -0.1) is 11.6 Å². The first-order valence-electron chi connectivity index (χ1n) is 9.11. The number of halogens is 1. The molecule has 0 saturated carbocycles. The molecule has 6 nitrogen and oxygen atoms in total. The van der Waals surface area contributed by atoms with E-state index in [-0.39, 0.29) is 24.5 Å². The van der Waals surface area contributed by atoms with Gasteiger partial charge < -0.3 is 19.7 Å². The fourth-order valence-corrected chi connectivity index (χ4v) is 3.00. The molecule has 1 heterocycles. The minimum absolute atomic E-state index is 0.0250. The van der Waals surface area contributed by atoms with Crippen molar-refractivity contribution in [3.63, 3.8) is 0 Å². The number of likely N-dealkylation sites (tertiary alicyclic amines) is 1. The van der Waals surface area contributed by atoms with Crippen molar-refractivity contribution in [3.05, 3.63) is 24.3 Å². The summed E-state index contributed by atoms with van der Waals surface area (Å²) >= 11 is 5.62. The molecule has 2 rings (SSSR count). The van der Waals surface area contributed by atoms with E-state index in [4.69, 9.17) is 21.1 Å². The molecule has 1 N–H and O–H groups in total. The summed E-state index contributed by atoms with van der Waals surface area (Å²) < 4.78 is 10.9. The minimum Gasteiger partial charge on any atom is -0.494 e. The average molecular weight is 383 g/mol. The lowest BCUT2D eigenvalue weighted by molar-refractivity contribution is -0.132. The summed E-state index contributed by atoms with van der Waals surface area (Å²) in [6.07, 6.45) is 2.74. The molecular formula is C19H27ClN2O4. The van der Waals surface area contributed by atoms with Gasteiger partial charge in [0.15, 0.2) is 6.61 Å². The molecule has 2 amide bonds. The van der Waals surface area contributed by atoms with Crippen molar-refractivity contribution in [2.24, 2.45) is 0 Å². The fourth-order valence-electron chi connectivity index (χ4n) is 2.87. The number of carbonyl (C=O) groups excluding carboxylic acids is 2. The van der Waals surface area contributed by atoms with Gasteiger partial charge in [-0.25, -0.2) is 0 Å². The maximum atomic E-state index is 12.1. The summed E-state index contributed by atoms with van der Waals surface area (Å²) in [6, 6.07) is 7.27. The van der Waals surface area contributed by atoms with E-state index in [2.05, 4.69) is 5.32 Å². The second-order valence-electron chi connectivity index (χ2n) is 6.21. The molecule has 1 fully saturated rings. The van der Waals surface area contributed by atoms with Crippen LogP contribution in [-0.4, -0.2) is 54.9 Å². The van der Waals surface area contributed by atoms with Gasteiger partial charge in [-0.05, 0) is 50.5 Å². The number of hydrogen-bond donors (Lipinski definition) is 1. The van der Waals surface area contributed by atoms with Crippen molar-refractivity contribution in [2.75, 3.05) is 32.2 Å². The number of alkyl halides is 1. The van der Waals surface area contributed by atoms with Crippen molar-refractivity contribution in [2.45, 2.75) is 38.6 Å². The Morgan fingerprint density at radius 1 is 1.15 bits per heavy atom. The van der Waals surface area contributed by atoms with Crippen LogP contribution in [0.1, 0.15) is 32.6 Å². The van der Waals surface area contributed by atoms with E-state index in [0.29, 0.717) is 44.2 Å². The first-order chi connectivity index (χ1) is 12.6. The molecule has 1 aliphatic heterocycles. The Morgan fingerprint density at radius 3 is 2.35 bits per heavy atom. The van der Waals surface area contributed by atoms with Crippen LogP contribution >= 0.6 is 11.6 Å². The lowest BCUT2D eigenvalue weighted by atomic mass is 10.0. The minimum atomic E-state index is -0.147. The van der Waals surface area contributed by atoms with Crippen LogP contribution in [0.15, 0.2) is 24.3 Å². The average Bonchev–Trinajstić information content (AvgIpc) is 2.66. The van der Waals surface area contributed by atoms with Crippen LogP contribution in [-0.2, 0) is 9.59 Å². The van der Waals surface area contributed by atoms with Crippen LogP contribution in [0, 0.1) is 0 Å². The second-order valence-corrected chi connectivity index (χ2v) is 6.59. The summed E-state index contributed by atoms with van der Waals surface area (Å²) in [6.45, 7) is 3.86. The van der Waals surface area contributed by atoms with E-state index in [1.165, 1.54) is 0 Å². The predicted molar refractivity (Wildman–Crippen MR) is 101 cm³/mol. The molecule has 0 spiro atoms. The van der Waals surface area contributed by atoms with Crippen LogP contribution < -0.4 is 14.8 Å². The number of hydrogen-bond acceptors (Lipinski definition) is 4. The Hall–Kier alpha value is -1.95. The third kappa shape index (κ3) is 6.75. The number of ether oxygens (including phenoxy) is 2. The van der Waals surface area contributed by atoms with E-state index >= 15 is 0 Å². The summed E-state index contributed by atoms with van der Waals surface area (Å²) in [4.78, 5) is 25.9. The number of benzene rings is 1. The molecule has 0 aliphatic carbocycles. The van der Waals surface area contributed by atoms with Gasteiger partial charge in [-0.3, -0.25) is 9.59 Å². The molecule has 0 atom stereocenters. The Bertz CT molecular complexity index is 571. The highest BCUT2D eigenvalue weighted by Gasteiger charge is 2.23. The third-order valence-electron chi connectivity index (χ3n) is 4.24. The Balaban J connectivity index is 1.66. The standard InChI is InChI=1S/C19H27ClN2O4/c1-2-25-16-5-7-17(8-6-16)26-14-18(23)21-15-9-12-22(13-10-15)19(24)4-3-11-20/h5-8,15H,2-4,9-14H2,1H3,(H,21,23). The molecule has 0 bridgehead atoms. The number of rotatable bonds is 9. The Kier molecular flexibility index (Phi) is 8.54. The lowest BCUT2D eigenvalue weighted by Gasteiger charge is -2.32. The molecule has 1 aromatic rings. The summed E-state index contributed by atoms with van der Waals surface area (Å²) in [5.74, 6) is 1.91. The van der Waals surface area contributed by atoms with Crippen LogP contribution in [0.5, 0.6) is 11.5 Å². The van der Waals surface area contributed by atoms with Crippen LogP contribution in [0.3, 0.4) is 0 Å². The highest BCUT2D eigenvalue weighted by atomic mass is 35.5. The van der Waals surface area contributed by atoms with Crippen LogP contribution in [0.4, 0.5) is 0 Å². The molecular weight excluding hydrogens is 356 g/mol. The van der Waals surface area contributed by atoms with Crippen molar-refractivity contribution in [1.29, 1.82) is 0 Å². The van der Waals surface area contributed by atoms with E-state index in [9.17, 15) is 9.59 Å². The normalized spacial score (nSPS) is 14.8. The highest BCUT2D eigenvalue weighted by Crippen LogP contribution is 2.17. The lowest BCUT2D eigenvalue weighted by Crippen LogP contribution is -2.47. The molecule has 26 heavy (non-hydrogen) atoms. The topological polar surface area (TPSA) is 67.9 Å². The molecule has 0 radical (unpaired) electrons. The second kappa shape index (κ2) is 10.9. The van der Waals surface area contributed by atoms with E-state index in [0.717, 1.165) is 18.6 Å². The van der Waals surface area contributed by atoms with Gasteiger partial charge in [-0.2, -0.15) is 0 Å². The molecule has 7 heteroatoms. The van der Waals surface area contributed by atoms with Gasteiger partial charge in [0.1, 0.15) is 11.5 Å². The Labute approximate surface area is 159 Å². The first-order valence-corrected chi connectivity index (χ1v) is 9.64. The zero-order valence-electron chi connectivity index (χ0n) is 15.2. The van der Waals surface area contributed by atoms with Gasteiger partial charge in [0, 0.05) is 31.4 Å². The zero-order chi connectivity index (χ0) is 18.8. The van der Waals surface area contributed by atoms with Crippen molar-refractivity contribution < 1.29 is 19.1 Å². The smallest absolute Gasteiger partial charge is 0.258 e. The van der Waals surface area contributed by atoms with Crippen LogP contribution in [0.2, 0.25) is 0 Å². The number of nitrogens with one attached hydrogen (secondary N) is 1. The van der Waals surface area contributed by atoms with Gasteiger partial charge >= 0.3 is 0 Å². The fraction of sp³-hybridized carbons (Fsp3) is 0.579. The SMILES string of the molecule is CCOc1ccc(OCC(=O)NC2CCN(C(=O)CCCCl)CC2)cc1. The summed E-state index contributed by atoms with van der Waals surface area (Å²) in [5, 5.41) is 2.98. The number of carbonyl (C=O) groups is 2. The molecule has 1 aromatic carbocycles. The van der Waals surface area contributed by atoms with Gasteiger partial charge in [0.2, 0.25) is 5.91 Å². The predicted octanol–water partition coefficient (Wildman–Crippen LogP) is 2.59. The van der Waals surface area contributed by atoms with E-state index in [1.807, 2.05) is 24.0 Å². The van der Waals surface area contributed by atoms with Crippen LogP contribution in [0.25, 0.3) is 0 Å². The number of amides is 2. The molecule has 144 valence electrons. The van der Waals surface area contributed by atoms with E-state index < -0.39 is 0 Å². The maximum absolute atomic E-state index is 12.1. The zero-order valence-corrected chi connectivity index (χ0v) is 16.0. The maximum Gasteiger partial charge on any atom is 0.258 e. The monoisotopic (exact) mass is 382 g/mol. The molecule has 1 saturated heterocycles. The van der Waals surface area contributed by atoms with Gasteiger partial charge in [0.05, 0.1) is 6.61 Å². The molecule has 1 aliphatic rings.